The summed E-state index contributed by atoms with van der Waals surface area (Å²) in [4.78, 5) is 4.56. The van der Waals surface area contributed by atoms with E-state index in [1.165, 1.54) is 19.4 Å². The predicted octanol–water partition coefficient (Wildman–Crippen LogP) is 2.30. The van der Waals surface area contributed by atoms with Gasteiger partial charge in [0.15, 0.2) is 0 Å². The molecule has 0 aliphatic carbocycles. The van der Waals surface area contributed by atoms with Crippen molar-refractivity contribution in [2.75, 3.05) is 34.7 Å². The van der Waals surface area contributed by atoms with Gasteiger partial charge in [-0.05, 0) is 34.6 Å². The van der Waals surface area contributed by atoms with Crippen LogP contribution < -0.4 is 0 Å². The smallest absolute Gasteiger partial charge is 0.0216 e. The second kappa shape index (κ2) is 10.0. The lowest BCUT2D eigenvalue weighted by Crippen LogP contribution is -2.37. The minimum absolute atomic E-state index is 0.718. The molecule has 0 aromatic rings. The van der Waals surface area contributed by atoms with Gasteiger partial charge in [-0.1, -0.05) is 27.2 Å². The van der Waals surface area contributed by atoms with Crippen LogP contribution in [0.15, 0.2) is 0 Å². The fraction of sp³-hybridized carbons (Fsp3) is 1.00. The summed E-state index contributed by atoms with van der Waals surface area (Å²) in [7, 11) is 8.58. The van der Waals surface area contributed by atoms with Gasteiger partial charge in [0.05, 0.1) is 0 Å². The van der Waals surface area contributed by atoms with Crippen molar-refractivity contribution in [3.63, 3.8) is 0 Å². The van der Waals surface area contributed by atoms with Crippen LogP contribution in [-0.4, -0.2) is 50.6 Å². The molecule has 82 valence electrons. The SMILES string of the molecule is CC.CCCC(CN(C)C)N(C)C. The molecule has 0 fully saturated rings. The summed E-state index contributed by atoms with van der Waals surface area (Å²) in [6.07, 6.45) is 2.57. The minimum Gasteiger partial charge on any atom is -0.308 e. The predicted molar refractivity (Wildman–Crippen MR) is 62.3 cm³/mol. The molecule has 1 unspecified atom stereocenters. The van der Waals surface area contributed by atoms with Crippen LogP contribution in [0.25, 0.3) is 0 Å². The Hall–Kier alpha value is -0.0800. The summed E-state index contributed by atoms with van der Waals surface area (Å²) in [5.74, 6) is 0. The summed E-state index contributed by atoms with van der Waals surface area (Å²) >= 11 is 0. The van der Waals surface area contributed by atoms with Crippen LogP contribution in [0.5, 0.6) is 0 Å². The molecule has 0 saturated carbocycles. The highest BCUT2D eigenvalue weighted by Gasteiger charge is 2.10. The number of likely N-dealkylation sites (N-methyl/N-ethyl adjacent to an activating group) is 2. The Morgan fingerprint density at radius 2 is 1.46 bits per heavy atom. The first-order valence-corrected chi connectivity index (χ1v) is 5.39. The van der Waals surface area contributed by atoms with Gasteiger partial charge < -0.3 is 9.80 Å². The van der Waals surface area contributed by atoms with E-state index in [-0.39, 0.29) is 0 Å². The Balaban J connectivity index is 0. The van der Waals surface area contributed by atoms with Crippen molar-refractivity contribution in [1.29, 1.82) is 0 Å². The van der Waals surface area contributed by atoms with Crippen LogP contribution in [0.2, 0.25) is 0 Å². The molecule has 2 heteroatoms. The van der Waals surface area contributed by atoms with Crippen LogP contribution in [0.4, 0.5) is 0 Å². The van der Waals surface area contributed by atoms with Crippen LogP contribution in [0, 0.1) is 0 Å². The maximum absolute atomic E-state index is 2.31. The summed E-state index contributed by atoms with van der Waals surface area (Å²) in [6, 6.07) is 0.718. The van der Waals surface area contributed by atoms with E-state index >= 15 is 0 Å². The van der Waals surface area contributed by atoms with Crippen molar-refractivity contribution in [1.82, 2.24) is 9.80 Å². The highest BCUT2D eigenvalue weighted by atomic mass is 15.2. The number of hydrogen-bond donors (Lipinski definition) is 0. The highest BCUT2D eigenvalue weighted by Crippen LogP contribution is 2.03. The van der Waals surface area contributed by atoms with Gasteiger partial charge in [-0.3, -0.25) is 0 Å². The van der Waals surface area contributed by atoms with E-state index in [4.69, 9.17) is 0 Å². The van der Waals surface area contributed by atoms with Gasteiger partial charge >= 0.3 is 0 Å². The van der Waals surface area contributed by atoms with Gasteiger partial charge in [0.1, 0.15) is 0 Å². The van der Waals surface area contributed by atoms with Crippen LogP contribution >= 0.6 is 0 Å². The minimum atomic E-state index is 0.718. The molecule has 1 atom stereocenters. The fourth-order valence-corrected chi connectivity index (χ4v) is 1.27. The van der Waals surface area contributed by atoms with Gasteiger partial charge in [0.25, 0.3) is 0 Å². The maximum atomic E-state index is 2.31. The molecule has 0 aliphatic heterocycles. The molecule has 0 N–H and O–H groups in total. The molecule has 0 aromatic heterocycles. The number of rotatable bonds is 5. The van der Waals surface area contributed by atoms with Crippen LogP contribution in [0.1, 0.15) is 33.6 Å². The molecule has 0 bridgehead atoms. The summed E-state index contributed by atoms with van der Waals surface area (Å²) in [5.41, 5.74) is 0. The van der Waals surface area contributed by atoms with Crippen LogP contribution in [0.3, 0.4) is 0 Å². The van der Waals surface area contributed by atoms with Crippen molar-refractivity contribution in [2.24, 2.45) is 0 Å². The second-order valence-corrected chi connectivity index (χ2v) is 3.67. The molecular weight excluding hydrogens is 160 g/mol. The van der Waals surface area contributed by atoms with Gasteiger partial charge in [-0.2, -0.15) is 0 Å². The van der Waals surface area contributed by atoms with E-state index in [1.54, 1.807) is 0 Å². The van der Waals surface area contributed by atoms with Crippen molar-refractivity contribution in [2.45, 2.75) is 39.7 Å². The molecule has 0 radical (unpaired) electrons. The first kappa shape index (κ1) is 15.4. The van der Waals surface area contributed by atoms with E-state index < -0.39 is 0 Å². The van der Waals surface area contributed by atoms with Gasteiger partial charge in [-0.15, -0.1) is 0 Å². The molecule has 0 amide bonds. The van der Waals surface area contributed by atoms with Crippen molar-refractivity contribution >= 4 is 0 Å². The lowest BCUT2D eigenvalue weighted by molar-refractivity contribution is 0.217. The largest absolute Gasteiger partial charge is 0.308 e. The fourth-order valence-electron chi connectivity index (χ4n) is 1.27. The van der Waals surface area contributed by atoms with Gasteiger partial charge in [-0.25, -0.2) is 0 Å². The Morgan fingerprint density at radius 3 is 1.69 bits per heavy atom. The Morgan fingerprint density at radius 1 is 1.00 bits per heavy atom. The molecule has 0 heterocycles. The average molecular weight is 188 g/mol. The quantitative estimate of drug-likeness (QED) is 0.653. The van der Waals surface area contributed by atoms with Crippen molar-refractivity contribution in [3.05, 3.63) is 0 Å². The number of nitrogens with zero attached hydrogens (tertiary/aromatic N) is 2. The van der Waals surface area contributed by atoms with E-state index in [1.807, 2.05) is 13.8 Å². The normalized spacial score (nSPS) is 12.7. The molecule has 13 heavy (non-hydrogen) atoms. The third-order valence-corrected chi connectivity index (χ3v) is 1.93. The van der Waals surface area contributed by atoms with E-state index in [9.17, 15) is 0 Å². The lowest BCUT2D eigenvalue weighted by Gasteiger charge is -2.26. The lowest BCUT2D eigenvalue weighted by atomic mass is 10.1. The highest BCUT2D eigenvalue weighted by molar-refractivity contribution is 4.67. The zero-order valence-corrected chi connectivity index (χ0v) is 10.6. The zero-order valence-electron chi connectivity index (χ0n) is 10.6. The first-order chi connectivity index (χ1) is 6.07. The van der Waals surface area contributed by atoms with Gasteiger partial charge in [0.2, 0.25) is 0 Å². The molecule has 0 saturated heterocycles. The standard InChI is InChI=1S/C9H22N2.C2H6/c1-6-7-9(11(4)5)8-10(2)3;1-2/h9H,6-8H2,1-5H3;1-2H3. The van der Waals surface area contributed by atoms with E-state index in [0.29, 0.717) is 0 Å². The maximum Gasteiger partial charge on any atom is 0.0216 e. The average Bonchev–Trinajstić information content (AvgIpc) is 2.06. The molecule has 0 aromatic carbocycles. The summed E-state index contributed by atoms with van der Waals surface area (Å²) in [6.45, 7) is 7.41. The summed E-state index contributed by atoms with van der Waals surface area (Å²) < 4.78 is 0. The molecule has 2 nitrogen and oxygen atoms in total. The second-order valence-electron chi connectivity index (χ2n) is 3.67. The molecule has 0 rings (SSSR count). The van der Waals surface area contributed by atoms with E-state index in [0.717, 1.165) is 6.04 Å². The molecule has 0 spiro atoms. The Bertz CT molecular complexity index is 90.1. The molecular formula is C11H28N2. The first-order valence-electron chi connectivity index (χ1n) is 5.39. The third kappa shape index (κ3) is 9.84. The van der Waals surface area contributed by atoms with E-state index in [2.05, 4.69) is 44.9 Å². The Kier molecular flexibility index (Phi) is 11.8. The summed E-state index contributed by atoms with van der Waals surface area (Å²) in [5, 5.41) is 0. The van der Waals surface area contributed by atoms with Crippen molar-refractivity contribution in [3.8, 4) is 0 Å². The van der Waals surface area contributed by atoms with Gasteiger partial charge in [0, 0.05) is 12.6 Å². The molecule has 0 aliphatic rings. The van der Waals surface area contributed by atoms with Crippen molar-refractivity contribution < 1.29 is 0 Å². The number of hydrogen-bond acceptors (Lipinski definition) is 2. The zero-order chi connectivity index (χ0) is 10.9. The third-order valence-electron chi connectivity index (χ3n) is 1.93. The topological polar surface area (TPSA) is 6.48 Å². The van der Waals surface area contributed by atoms with Crippen LogP contribution in [-0.2, 0) is 0 Å². The monoisotopic (exact) mass is 188 g/mol. The Labute approximate surface area is 84.9 Å².